The van der Waals surface area contributed by atoms with Crippen LogP contribution in [0.1, 0.15) is 36.2 Å². The normalized spacial score (nSPS) is 14.3. The number of hydrogen-bond donors (Lipinski definition) is 0. The quantitative estimate of drug-likeness (QED) is 0.816. The van der Waals surface area contributed by atoms with E-state index in [2.05, 4.69) is 14.8 Å². The minimum atomic E-state index is -0.470. The highest BCUT2D eigenvalue weighted by Gasteiger charge is 2.15. The lowest BCUT2D eigenvalue weighted by Gasteiger charge is -2.06. The molecule has 21 heavy (non-hydrogen) atoms. The number of aryl methyl sites for hydroxylation is 1. The standard InChI is InChI=1S/C15H15FN4S/c16-13-6-5-11(8-12(13)9-17)10-21-15-19-18-14-4-2-1-3-7-20(14)15/h5-6,8H,1-4,7,10H2. The molecule has 0 atom stereocenters. The number of halogens is 1. The van der Waals surface area contributed by atoms with Crippen LogP contribution in [-0.4, -0.2) is 14.8 Å². The Balaban J connectivity index is 1.74. The topological polar surface area (TPSA) is 54.5 Å². The van der Waals surface area contributed by atoms with Crippen molar-refractivity contribution in [2.75, 3.05) is 0 Å². The molecule has 1 aromatic carbocycles. The number of thioether (sulfide) groups is 1. The van der Waals surface area contributed by atoms with Crippen molar-refractivity contribution in [1.29, 1.82) is 5.26 Å². The van der Waals surface area contributed by atoms with Crippen LogP contribution in [0.4, 0.5) is 4.39 Å². The van der Waals surface area contributed by atoms with Crippen molar-refractivity contribution in [3.05, 3.63) is 41.0 Å². The third kappa shape index (κ3) is 3.08. The van der Waals surface area contributed by atoms with E-state index in [1.807, 2.05) is 6.07 Å². The molecule has 0 aliphatic carbocycles. The molecular weight excluding hydrogens is 287 g/mol. The molecule has 0 bridgehead atoms. The Morgan fingerprint density at radius 1 is 1.29 bits per heavy atom. The highest BCUT2D eigenvalue weighted by Crippen LogP contribution is 2.25. The molecule has 2 aromatic rings. The van der Waals surface area contributed by atoms with Crippen molar-refractivity contribution >= 4 is 11.8 Å². The van der Waals surface area contributed by atoms with Gasteiger partial charge in [-0.05, 0) is 30.5 Å². The van der Waals surface area contributed by atoms with E-state index in [9.17, 15) is 4.39 Å². The summed E-state index contributed by atoms with van der Waals surface area (Å²) in [6.07, 6.45) is 4.56. The molecule has 0 radical (unpaired) electrons. The fourth-order valence-corrected chi connectivity index (χ4v) is 3.39. The number of rotatable bonds is 3. The van der Waals surface area contributed by atoms with Crippen molar-refractivity contribution in [1.82, 2.24) is 14.8 Å². The van der Waals surface area contributed by atoms with E-state index in [4.69, 9.17) is 5.26 Å². The molecule has 108 valence electrons. The van der Waals surface area contributed by atoms with E-state index in [1.165, 1.54) is 18.9 Å². The van der Waals surface area contributed by atoms with Gasteiger partial charge in [0, 0.05) is 18.7 Å². The van der Waals surface area contributed by atoms with E-state index in [0.29, 0.717) is 5.75 Å². The summed E-state index contributed by atoms with van der Waals surface area (Å²) < 4.78 is 15.5. The molecule has 2 heterocycles. The van der Waals surface area contributed by atoms with Crippen LogP contribution in [0.15, 0.2) is 23.4 Å². The Hall–Kier alpha value is -1.87. The van der Waals surface area contributed by atoms with Crippen molar-refractivity contribution in [3.63, 3.8) is 0 Å². The Kier molecular flexibility index (Phi) is 4.20. The van der Waals surface area contributed by atoms with E-state index < -0.39 is 5.82 Å². The number of nitriles is 1. The maximum Gasteiger partial charge on any atom is 0.191 e. The van der Waals surface area contributed by atoms with Gasteiger partial charge in [-0.2, -0.15) is 5.26 Å². The summed E-state index contributed by atoms with van der Waals surface area (Å²) in [5.41, 5.74) is 1.01. The van der Waals surface area contributed by atoms with Crippen LogP contribution < -0.4 is 0 Å². The second-order valence-corrected chi connectivity index (χ2v) is 6.02. The minimum Gasteiger partial charge on any atom is -0.306 e. The number of nitrogens with zero attached hydrogens (tertiary/aromatic N) is 4. The SMILES string of the molecule is N#Cc1cc(CSc2nnc3n2CCCCC3)ccc1F. The maximum absolute atomic E-state index is 13.3. The first-order valence-electron chi connectivity index (χ1n) is 7.01. The van der Waals surface area contributed by atoms with Crippen molar-refractivity contribution in [2.24, 2.45) is 0 Å². The predicted octanol–water partition coefficient (Wildman–Crippen LogP) is 3.31. The monoisotopic (exact) mass is 302 g/mol. The summed E-state index contributed by atoms with van der Waals surface area (Å²) in [7, 11) is 0. The molecule has 0 amide bonds. The molecule has 3 rings (SSSR count). The lowest BCUT2D eigenvalue weighted by Crippen LogP contribution is -2.02. The number of hydrogen-bond acceptors (Lipinski definition) is 4. The summed E-state index contributed by atoms with van der Waals surface area (Å²) >= 11 is 1.59. The molecule has 0 fully saturated rings. The zero-order valence-electron chi connectivity index (χ0n) is 11.5. The first kappa shape index (κ1) is 14.1. The zero-order chi connectivity index (χ0) is 14.7. The molecule has 0 unspecified atom stereocenters. The van der Waals surface area contributed by atoms with Gasteiger partial charge in [-0.25, -0.2) is 4.39 Å². The number of aromatic nitrogens is 3. The lowest BCUT2D eigenvalue weighted by molar-refractivity contribution is 0.591. The van der Waals surface area contributed by atoms with Gasteiger partial charge in [0.05, 0.1) is 5.56 Å². The van der Waals surface area contributed by atoms with Gasteiger partial charge >= 0.3 is 0 Å². The second kappa shape index (κ2) is 6.27. The van der Waals surface area contributed by atoms with Crippen LogP contribution in [0.3, 0.4) is 0 Å². The first-order chi connectivity index (χ1) is 10.3. The van der Waals surface area contributed by atoms with Gasteiger partial charge in [-0.15, -0.1) is 10.2 Å². The van der Waals surface area contributed by atoms with Crippen LogP contribution in [0.5, 0.6) is 0 Å². The van der Waals surface area contributed by atoms with Gasteiger partial charge in [0.1, 0.15) is 17.7 Å². The van der Waals surface area contributed by atoms with Crippen molar-refractivity contribution < 1.29 is 4.39 Å². The van der Waals surface area contributed by atoms with Crippen molar-refractivity contribution in [2.45, 2.75) is 43.1 Å². The van der Waals surface area contributed by atoms with Crippen LogP contribution in [0.2, 0.25) is 0 Å². The Bertz CT molecular complexity index is 689. The fraction of sp³-hybridized carbons (Fsp3) is 0.400. The highest BCUT2D eigenvalue weighted by molar-refractivity contribution is 7.98. The fourth-order valence-electron chi connectivity index (χ4n) is 2.46. The third-order valence-electron chi connectivity index (χ3n) is 3.59. The Morgan fingerprint density at radius 2 is 2.19 bits per heavy atom. The summed E-state index contributed by atoms with van der Waals surface area (Å²) in [4.78, 5) is 0. The molecule has 0 N–H and O–H groups in total. The van der Waals surface area contributed by atoms with Crippen molar-refractivity contribution in [3.8, 4) is 6.07 Å². The summed E-state index contributed by atoms with van der Waals surface area (Å²) in [5, 5.41) is 18.3. The largest absolute Gasteiger partial charge is 0.306 e. The Morgan fingerprint density at radius 3 is 3.05 bits per heavy atom. The van der Waals surface area contributed by atoms with E-state index >= 15 is 0 Å². The summed E-state index contributed by atoms with van der Waals surface area (Å²) in [6.45, 7) is 0.970. The summed E-state index contributed by atoms with van der Waals surface area (Å²) in [6, 6.07) is 6.53. The molecule has 4 nitrogen and oxygen atoms in total. The van der Waals surface area contributed by atoms with E-state index in [0.717, 1.165) is 35.9 Å². The third-order valence-corrected chi connectivity index (χ3v) is 4.63. The minimum absolute atomic E-state index is 0.0909. The molecule has 1 aromatic heterocycles. The average molecular weight is 302 g/mol. The molecule has 6 heteroatoms. The van der Waals surface area contributed by atoms with Gasteiger partial charge in [-0.1, -0.05) is 24.2 Å². The molecular formula is C15H15FN4S. The average Bonchev–Trinajstić information content (AvgIpc) is 2.73. The molecule has 0 spiro atoms. The van der Waals surface area contributed by atoms with Gasteiger partial charge in [0.2, 0.25) is 0 Å². The summed E-state index contributed by atoms with van der Waals surface area (Å²) in [5.74, 6) is 1.25. The second-order valence-electron chi connectivity index (χ2n) is 5.08. The van der Waals surface area contributed by atoms with Gasteiger partial charge in [0.15, 0.2) is 5.16 Å². The van der Waals surface area contributed by atoms with Crippen LogP contribution in [0.25, 0.3) is 0 Å². The van der Waals surface area contributed by atoms with Crippen LogP contribution >= 0.6 is 11.8 Å². The van der Waals surface area contributed by atoms with E-state index in [1.54, 1.807) is 23.9 Å². The van der Waals surface area contributed by atoms with Crippen LogP contribution in [0, 0.1) is 17.1 Å². The predicted molar refractivity (Wildman–Crippen MR) is 78.3 cm³/mol. The number of fused-ring (bicyclic) bond motifs is 1. The van der Waals surface area contributed by atoms with Gasteiger partial charge < -0.3 is 4.57 Å². The zero-order valence-corrected chi connectivity index (χ0v) is 12.4. The smallest absolute Gasteiger partial charge is 0.191 e. The molecule has 0 saturated heterocycles. The number of benzene rings is 1. The lowest BCUT2D eigenvalue weighted by atomic mass is 10.1. The van der Waals surface area contributed by atoms with E-state index in [-0.39, 0.29) is 5.56 Å². The maximum atomic E-state index is 13.3. The van der Waals surface area contributed by atoms with Gasteiger partial charge in [0.25, 0.3) is 0 Å². The molecule has 1 aliphatic heterocycles. The van der Waals surface area contributed by atoms with Gasteiger partial charge in [-0.3, -0.25) is 0 Å². The highest BCUT2D eigenvalue weighted by atomic mass is 32.2. The first-order valence-corrected chi connectivity index (χ1v) is 8.00. The molecule has 1 aliphatic rings. The molecule has 0 saturated carbocycles. The van der Waals surface area contributed by atoms with Crippen LogP contribution in [-0.2, 0) is 18.7 Å². The Labute approximate surface area is 127 Å².